The van der Waals surface area contributed by atoms with Crippen molar-refractivity contribution >= 4 is 5.78 Å². The lowest BCUT2D eigenvalue weighted by molar-refractivity contribution is -0.116. The molecule has 0 fully saturated rings. The van der Waals surface area contributed by atoms with Gasteiger partial charge >= 0.3 is 0 Å². The molecule has 52 valence electrons. The van der Waals surface area contributed by atoms with Gasteiger partial charge in [-0.1, -0.05) is 6.58 Å². The maximum Gasteiger partial charge on any atom is 0.160 e. The molecule has 0 spiro atoms. The third-order valence-corrected chi connectivity index (χ3v) is 1.01. The number of ketones is 1. The first kappa shape index (κ1) is 8.37. The fourth-order valence-corrected chi connectivity index (χ4v) is 0.408. The van der Waals surface area contributed by atoms with Gasteiger partial charge in [-0.15, -0.1) is 0 Å². The quantitative estimate of drug-likeness (QED) is 0.531. The molecule has 0 atom stereocenters. The highest BCUT2D eigenvalue weighted by molar-refractivity contribution is 5.94. The van der Waals surface area contributed by atoms with Crippen molar-refractivity contribution in [3.05, 3.63) is 12.2 Å². The summed E-state index contributed by atoms with van der Waals surface area (Å²) >= 11 is 0. The van der Waals surface area contributed by atoms with Gasteiger partial charge in [-0.2, -0.15) is 0 Å². The molecule has 0 aliphatic rings. The molecule has 0 bridgehead atoms. The van der Waals surface area contributed by atoms with Crippen LogP contribution in [0.15, 0.2) is 12.2 Å². The van der Waals surface area contributed by atoms with Gasteiger partial charge in [0.1, 0.15) is 0 Å². The zero-order valence-electron chi connectivity index (χ0n) is 5.94. The van der Waals surface area contributed by atoms with Crippen molar-refractivity contribution in [1.29, 1.82) is 0 Å². The van der Waals surface area contributed by atoms with Crippen LogP contribution < -0.4 is 0 Å². The Kier molecular flexibility index (Phi) is 3.97. The topological polar surface area (TPSA) is 26.3 Å². The molecule has 0 radical (unpaired) electrons. The fourth-order valence-electron chi connectivity index (χ4n) is 0.408. The van der Waals surface area contributed by atoms with Gasteiger partial charge < -0.3 is 4.74 Å². The number of ether oxygens (including phenoxy) is 1. The lowest BCUT2D eigenvalue weighted by Crippen LogP contribution is -2.02. The summed E-state index contributed by atoms with van der Waals surface area (Å²) in [6.45, 7) is 5.70. The summed E-state index contributed by atoms with van der Waals surface area (Å²) in [4.78, 5) is 10.7. The van der Waals surface area contributed by atoms with Gasteiger partial charge in [0, 0.05) is 13.5 Å². The van der Waals surface area contributed by atoms with Gasteiger partial charge in [0.05, 0.1) is 6.61 Å². The Labute approximate surface area is 55.5 Å². The van der Waals surface area contributed by atoms with E-state index in [1.807, 2.05) is 0 Å². The molecule has 9 heavy (non-hydrogen) atoms. The lowest BCUT2D eigenvalue weighted by Gasteiger charge is -1.95. The van der Waals surface area contributed by atoms with E-state index in [1.165, 1.54) is 0 Å². The number of hydrogen-bond donors (Lipinski definition) is 0. The third-order valence-electron chi connectivity index (χ3n) is 1.01. The van der Waals surface area contributed by atoms with Crippen LogP contribution >= 0.6 is 0 Å². The Morgan fingerprint density at radius 3 is 2.56 bits per heavy atom. The Bertz CT molecular complexity index is 116. The number of methoxy groups -OCH3 is 1. The van der Waals surface area contributed by atoms with E-state index >= 15 is 0 Å². The Hall–Kier alpha value is -0.630. The summed E-state index contributed by atoms with van der Waals surface area (Å²) < 4.78 is 4.70. The highest BCUT2D eigenvalue weighted by Crippen LogP contribution is 1.94. The highest BCUT2D eigenvalue weighted by atomic mass is 16.5. The number of carbonyl (C=O) groups is 1. The minimum Gasteiger partial charge on any atom is -0.384 e. The summed E-state index contributed by atoms with van der Waals surface area (Å²) in [6, 6.07) is 0. The van der Waals surface area contributed by atoms with E-state index in [4.69, 9.17) is 4.74 Å². The summed E-state index contributed by atoms with van der Waals surface area (Å²) in [7, 11) is 1.58. The second-order valence-electron chi connectivity index (χ2n) is 1.95. The van der Waals surface area contributed by atoms with Crippen LogP contribution in [-0.2, 0) is 9.53 Å². The first-order valence-corrected chi connectivity index (χ1v) is 2.86. The van der Waals surface area contributed by atoms with Gasteiger partial charge in [-0.3, -0.25) is 4.79 Å². The zero-order chi connectivity index (χ0) is 7.28. The molecule has 2 heteroatoms. The maximum atomic E-state index is 10.7. The van der Waals surface area contributed by atoms with Crippen molar-refractivity contribution in [3.8, 4) is 0 Å². The minimum absolute atomic E-state index is 0.0804. The molecule has 0 saturated carbocycles. The average molecular weight is 128 g/mol. The van der Waals surface area contributed by atoms with E-state index in [2.05, 4.69) is 6.58 Å². The van der Waals surface area contributed by atoms with Crippen molar-refractivity contribution < 1.29 is 9.53 Å². The molecule has 0 aromatic carbocycles. The molecule has 0 amide bonds. The second-order valence-corrected chi connectivity index (χ2v) is 1.95. The normalized spacial score (nSPS) is 9.11. The molecular formula is C7H12O2. The highest BCUT2D eigenvalue weighted by Gasteiger charge is 1.99. The number of carbonyl (C=O) groups excluding carboxylic acids is 1. The smallest absolute Gasteiger partial charge is 0.160 e. The van der Waals surface area contributed by atoms with E-state index in [0.29, 0.717) is 18.6 Å². The van der Waals surface area contributed by atoms with Crippen molar-refractivity contribution in [2.24, 2.45) is 0 Å². The number of hydrogen-bond acceptors (Lipinski definition) is 2. The summed E-state index contributed by atoms with van der Waals surface area (Å²) in [5.41, 5.74) is 0.604. The molecule has 0 aromatic rings. The van der Waals surface area contributed by atoms with Gasteiger partial charge in [-0.05, 0) is 12.5 Å². The largest absolute Gasteiger partial charge is 0.384 e. The lowest BCUT2D eigenvalue weighted by atomic mass is 10.2. The molecule has 0 unspecified atom stereocenters. The van der Waals surface area contributed by atoms with E-state index in [-0.39, 0.29) is 5.78 Å². The average Bonchev–Trinajstić information content (AvgIpc) is 1.82. The van der Waals surface area contributed by atoms with E-state index in [0.717, 1.165) is 0 Å². The molecule has 0 heterocycles. The first-order valence-electron chi connectivity index (χ1n) is 2.86. The molecule has 0 N–H and O–H groups in total. The minimum atomic E-state index is 0.0804. The number of Topliss-reactive ketones (excluding diaryl/α,β-unsaturated/α-hetero) is 1. The monoisotopic (exact) mass is 128 g/mol. The molecular weight excluding hydrogens is 116 g/mol. The van der Waals surface area contributed by atoms with E-state index in [9.17, 15) is 4.79 Å². The van der Waals surface area contributed by atoms with Crippen LogP contribution in [0.5, 0.6) is 0 Å². The Morgan fingerprint density at radius 1 is 1.67 bits per heavy atom. The second kappa shape index (κ2) is 4.27. The fraction of sp³-hybridized carbons (Fsp3) is 0.571. The molecule has 0 rings (SSSR count). The van der Waals surface area contributed by atoms with Crippen LogP contribution in [-0.4, -0.2) is 19.5 Å². The summed E-state index contributed by atoms with van der Waals surface area (Å²) in [5.74, 6) is 0.0804. The van der Waals surface area contributed by atoms with Gasteiger partial charge in [0.25, 0.3) is 0 Å². The van der Waals surface area contributed by atoms with Gasteiger partial charge in [0.15, 0.2) is 5.78 Å². The molecule has 0 aliphatic heterocycles. The summed E-state index contributed by atoms with van der Waals surface area (Å²) in [5, 5.41) is 0. The van der Waals surface area contributed by atoms with E-state index < -0.39 is 0 Å². The maximum absolute atomic E-state index is 10.7. The predicted molar refractivity (Wildman–Crippen MR) is 36.3 cm³/mol. The SMILES string of the molecule is C=C(C)C(=O)CCOC. The Balaban J connectivity index is 3.39. The van der Waals surface area contributed by atoms with Crippen molar-refractivity contribution in [2.75, 3.05) is 13.7 Å². The van der Waals surface area contributed by atoms with Gasteiger partial charge in [0.2, 0.25) is 0 Å². The van der Waals surface area contributed by atoms with Crippen LogP contribution in [0.3, 0.4) is 0 Å². The third kappa shape index (κ3) is 3.91. The van der Waals surface area contributed by atoms with E-state index in [1.54, 1.807) is 14.0 Å². The molecule has 2 nitrogen and oxygen atoms in total. The molecule has 0 aromatic heterocycles. The first-order chi connectivity index (χ1) is 4.18. The number of rotatable bonds is 4. The Morgan fingerprint density at radius 2 is 2.22 bits per heavy atom. The van der Waals surface area contributed by atoms with Crippen molar-refractivity contribution in [3.63, 3.8) is 0 Å². The molecule has 0 saturated heterocycles. The number of allylic oxidation sites excluding steroid dienone is 1. The van der Waals surface area contributed by atoms with Crippen LogP contribution in [0.2, 0.25) is 0 Å². The van der Waals surface area contributed by atoms with Crippen LogP contribution in [0.1, 0.15) is 13.3 Å². The van der Waals surface area contributed by atoms with Crippen LogP contribution in [0, 0.1) is 0 Å². The summed E-state index contributed by atoms with van der Waals surface area (Å²) in [6.07, 6.45) is 0.450. The van der Waals surface area contributed by atoms with Crippen molar-refractivity contribution in [1.82, 2.24) is 0 Å². The van der Waals surface area contributed by atoms with Crippen LogP contribution in [0.4, 0.5) is 0 Å². The van der Waals surface area contributed by atoms with Crippen molar-refractivity contribution in [2.45, 2.75) is 13.3 Å². The zero-order valence-corrected chi connectivity index (χ0v) is 5.94. The molecule has 0 aliphatic carbocycles. The standard InChI is InChI=1S/C7H12O2/c1-6(2)7(8)4-5-9-3/h1,4-5H2,2-3H3. The predicted octanol–water partition coefficient (Wildman–Crippen LogP) is 1.17. The van der Waals surface area contributed by atoms with Crippen LogP contribution in [0.25, 0.3) is 0 Å². The van der Waals surface area contributed by atoms with Gasteiger partial charge in [-0.25, -0.2) is 0 Å².